The van der Waals surface area contributed by atoms with Crippen LogP contribution in [0.4, 0.5) is 5.69 Å². The lowest BCUT2D eigenvalue weighted by atomic mass is 10.2. The van der Waals surface area contributed by atoms with E-state index in [2.05, 4.69) is 27.7 Å². The standard InChI is InChI=1S/C22H25N3O2S/c1-3-25(15-21(26)24-19-11-7-8-12-20(19)27-2)14-18-16-28-22(23-18)13-17-9-5-4-6-10-17/h4-12,16H,3,13-15H2,1-2H3,(H,24,26). The zero-order valence-corrected chi connectivity index (χ0v) is 17.0. The van der Waals surface area contributed by atoms with Gasteiger partial charge in [0.15, 0.2) is 0 Å². The molecule has 0 aliphatic rings. The van der Waals surface area contributed by atoms with Gasteiger partial charge in [0.05, 0.1) is 30.0 Å². The van der Waals surface area contributed by atoms with Crippen molar-refractivity contribution in [2.24, 2.45) is 0 Å². The number of aromatic nitrogens is 1. The summed E-state index contributed by atoms with van der Waals surface area (Å²) in [6.45, 7) is 3.78. The first-order valence-corrected chi connectivity index (χ1v) is 10.2. The van der Waals surface area contributed by atoms with E-state index < -0.39 is 0 Å². The first kappa shape index (κ1) is 20.0. The van der Waals surface area contributed by atoms with E-state index in [1.54, 1.807) is 18.4 Å². The quantitative estimate of drug-likeness (QED) is 0.590. The van der Waals surface area contributed by atoms with Crippen LogP contribution in [0.15, 0.2) is 60.0 Å². The molecule has 3 rings (SSSR count). The van der Waals surface area contributed by atoms with Crippen molar-refractivity contribution in [2.45, 2.75) is 19.9 Å². The zero-order chi connectivity index (χ0) is 19.8. The predicted octanol–water partition coefficient (Wildman–Crippen LogP) is 4.20. The van der Waals surface area contributed by atoms with Gasteiger partial charge in [-0.15, -0.1) is 11.3 Å². The Balaban J connectivity index is 1.56. The number of ether oxygens (including phenoxy) is 1. The van der Waals surface area contributed by atoms with Gasteiger partial charge in [0.25, 0.3) is 0 Å². The number of carbonyl (C=O) groups is 1. The molecule has 0 unspecified atom stereocenters. The van der Waals surface area contributed by atoms with Crippen LogP contribution in [0, 0.1) is 0 Å². The van der Waals surface area contributed by atoms with Crippen LogP contribution in [0.5, 0.6) is 5.75 Å². The number of hydrogen-bond acceptors (Lipinski definition) is 5. The number of benzene rings is 2. The number of anilines is 1. The summed E-state index contributed by atoms with van der Waals surface area (Å²) in [7, 11) is 1.60. The Hall–Kier alpha value is -2.70. The number of nitrogens with one attached hydrogen (secondary N) is 1. The molecule has 1 heterocycles. The lowest BCUT2D eigenvalue weighted by Gasteiger charge is -2.19. The van der Waals surface area contributed by atoms with Crippen LogP contribution in [-0.4, -0.2) is 36.0 Å². The van der Waals surface area contributed by atoms with Gasteiger partial charge in [0.2, 0.25) is 5.91 Å². The normalized spacial score (nSPS) is 10.8. The maximum absolute atomic E-state index is 12.5. The average molecular weight is 396 g/mol. The summed E-state index contributed by atoms with van der Waals surface area (Å²) in [5.74, 6) is 0.593. The molecule has 1 N–H and O–H groups in total. The largest absolute Gasteiger partial charge is 0.495 e. The topological polar surface area (TPSA) is 54.5 Å². The number of hydrogen-bond donors (Lipinski definition) is 1. The molecule has 2 aromatic carbocycles. The second-order valence-corrected chi connectivity index (χ2v) is 7.39. The van der Waals surface area contributed by atoms with Gasteiger partial charge in [-0.2, -0.15) is 0 Å². The molecule has 3 aromatic rings. The molecule has 5 nitrogen and oxygen atoms in total. The van der Waals surface area contributed by atoms with Crippen molar-refractivity contribution in [1.29, 1.82) is 0 Å². The molecule has 0 spiro atoms. The van der Waals surface area contributed by atoms with Crippen molar-refractivity contribution >= 4 is 22.9 Å². The van der Waals surface area contributed by atoms with Crippen molar-refractivity contribution in [1.82, 2.24) is 9.88 Å². The van der Waals surface area contributed by atoms with Crippen LogP contribution in [0.1, 0.15) is 23.2 Å². The minimum absolute atomic E-state index is 0.0638. The van der Waals surface area contributed by atoms with Gasteiger partial charge in [-0.25, -0.2) is 4.98 Å². The van der Waals surface area contributed by atoms with Crippen LogP contribution >= 0.6 is 11.3 Å². The van der Waals surface area contributed by atoms with Crippen molar-refractivity contribution in [3.63, 3.8) is 0 Å². The molecule has 0 aliphatic heterocycles. The summed E-state index contributed by atoms with van der Waals surface area (Å²) in [5.41, 5.74) is 2.94. The molecular formula is C22H25N3O2S. The first-order valence-electron chi connectivity index (χ1n) is 9.30. The highest BCUT2D eigenvalue weighted by Gasteiger charge is 2.13. The fourth-order valence-corrected chi connectivity index (χ4v) is 3.74. The minimum atomic E-state index is -0.0638. The summed E-state index contributed by atoms with van der Waals surface area (Å²) in [6, 6.07) is 17.8. The Kier molecular flexibility index (Phi) is 7.17. The van der Waals surface area contributed by atoms with Gasteiger partial charge in [0.1, 0.15) is 5.75 Å². The van der Waals surface area contributed by atoms with Crippen molar-refractivity contribution < 1.29 is 9.53 Å². The summed E-state index contributed by atoms with van der Waals surface area (Å²) in [4.78, 5) is 19.3. The smallest absolute Gasteiger partial charge is 0.238 e. The molecule has 0 atom stereocenters. The van der Waals surface area contributed by atoms with E-state index in [-0.39, 0.29) is 5.91 Å². The number of methoxy groups -OCH3 is 1. The SMILES string of the molecule is CCN(CC(=O)Nc1ccccc1OC)Cc1csc(Cc2ccccc2)n1. The molecule has 0 fully saturated rings. The molecule has 0 saturated heterocycles. The molecule has 0 radical (unpaired) electrons. The lowest BCUT2D eigenvalue weighted by Crippen LogP contribution is -2.33. The summed E-state index contributed by atoms with van der Waals surface area (Å²) >= 11 is 1.67. The highest BCUT2D eigenvalue weighted by atomic mass is 32.1. The lowest BCUT2D eigenvalue weighted by molar-refractivity contribution is -0.117. The zero-order valence-electron chi connectivity index (χ0n) is 16.2. The highest BCUT2D eigenvalue weighted by Crippen LogP contribution is 2.23. The fraction of sp³-hybridized carbons (Fsp3) is 0.273. The third-order valence-electron chi connectivity index (χ3n) is 4.38. The molecule has 0 bridgehead atoms. The van der Waals surface area contributed by atoms with Gasteiger partial charge in [-0.05, 0) is 24.2 Å². The van der Waals surface area contributed by atoms with E-state index in [0.29, 0.717) is 24.5 Å². The summed E-state index contributed by atoms with van der Waals surface area (Å²) in [5, 5.41) is 6.10. The number of likely N-dealkylation sites (N-methyl/N-ethyl adjacent to an activating group) is 1. The van der Waals surface area contributed by atoms with Crippen LogP contribution in [0.3, 0.4) is 0 Å². The number of thiazole rings is 1. The Labute approximate surface area is 170 Å². The van der Waals surface area contributed by atoms with Crippen LogP contribution in [-0.2, 0) is 17.8 Å². The number of nitrogens with zero attached hydrogens (tertiary/aromatic N) is 2. The maximum Gasteiger partial charge on any atom is 0.238 e. The Morgan fingerprint density at radius 2 is 1.89 bits per heavy atom. The Morgan fingerprint density at radius 1 is 1.14 bits per heavy atom. The fourth-order valence-electron chi connectivity index (χ4n) is 2.92. The molecular weight excluding hydrogens is 370 g/mol. The van der Waals surface area contributed by atoms with E-state index in [4.69, 9.17) is 9.72 Å². The van der Waals surface area contributed by atoms with Crippen LogP contribution in [0.25, 0.3) is 0 Å². The number of carbonyl (C=O) groups excluding carboxylic acids is 1. The third-order valence-corrected chi connectivity index (χ3v) is 5.28. The molecule has 1 amide bonds. The molecule has 28 heavy (non-hydrogen) atoms. The second kappa shape index (κ2) is 10.0. The van der Waals surface area contributed by atoms with Crippen LogP contribution in [0.2, 0.25) is 0 Å². The van der Waals surface area contributed by atoms with Gasteiger partial charge in [-0.1, -0.05) is 49.4 Å². The van der Waals surface area contributed by atoms with E-state index >= 15 is 0 Å². The van der Waals surface area contributed by atoms with Crippen LogP contribution < -0.4 is 10.1 Å². The van der Waals surface area contributed by atoms with E-state index in [1.165, 1.54) is 5.56 Å². The minimum Gasteiger partial charge on any atom is -0.495 e. The second-order valence-electron chi connectivity index (χ2n) is 6.45. The number of para-hydroxylation sites is 2. The van der Waals surface area contributed by atoms with E-state index in [9.17, 15) is 4.79 Å². The molecule has 1 aromatic heterocycles. The number of rotatable bonds is 9. The van der Waals surface area contributed by atoms with Crippen molar-refractivity contribution in [3.05, 3.63) is 76.2 Å². The molecule has 0 saturated carbocycles. The molecule has 146 valence electrons. The molecule has 6 heteroatoms. The average Bonchev–Trinajstić information content (AvgIpc) is 3.15. The first-order chi connectivity index (χ1) is 13.7. The van der Waals surface area contributed by atoms with Crippen molar-refractivity contribution in [3.8, 4) is 5.75 Å². The summed E-state index contributed by atoms with van der Waals surface area (Å²) in [6.07, 6.45) is 0.839. The maximum atomic E-state index is 12.5. The highest BCUT2D eigenvalue weighted by molar-refractivity contribution is 7.09. The third kappa shape index (κ3) is 5.65. The number of amides is 1. The monoisotopic (exact) mass is 395 g/mol. The van der Waals surface area contributed by atoms with Gasteiger partial charge in [0, 0.05) is 18.3 Å². The Bertz CT molecular complexity index is 896. The molecule has 0 aliphatic carbocycles. The Morgan fingerprint density at radius 3 is 2.64 bits per heavy atom. The van der Waals surface area contributed by atoms with E-state index in [1.807, 2.05) is 49.4 Å². The van der Waals surface area contributed by atoms with Gasteiger partial charge >= 0.3 is 0 Å². The summed E-state index contributed by atoms with van der Waals surface area (Å²) < 4.78 is 5.29. The van der Waals surface area contributed by atoms with Crippen molar-refractivity contribution in [2.75, 3.05) is 25.5 Å². The van der Waals surface area contributed by atoms with E-state index in [0.717, 1.165) is 23.7 Å². The van der Waals surface area contributed by atoms with Gasteiger partial charge < -0.3 is 10.1 Å². The van der Waals surface area contributed by atoms with Gasteiger partial charge in [-0.3, -0.25) is 9.69 Å². The predicted molar refractivity (Wildman–Crippen MR) is 114 cm³/mol.